The van der Waals surface area contributed by atoms with Crippen LogP contribution in [0, 0.1) is 0 Å². The highest BCUT2D eigenvalue weighted by atomic mass is 15.2. The molecule has 5 nitrogen and oxygen atoms in total. The van der Waals surface area contributed by atoms with E-state index in [-0.39, 0.29) is 0 Å². The molecule has 0 fully saturated rings. The highest BCUT2D eigenvalue weighted by molar-refractivity contribution is 6.14. The van der Waals surface area contributed by atoms with E-state index in [0.717, 1.165) is 52.8 Å². The molecule has 4 aromatic carbocycles. The maximum absolute atomic E-state index is 5.18. The third-order valence-electron chi connectivity index (χ3n) is 8.85. The smallest absolute Gasteiger partial charge is 0.238 e. The Kier molecular flexibility index (Phi) is 5.94. The van der Waals surface area contributed by atoms with Crippen LogP contribution in [0.2, 0.25) is 0 Å². The van der Waals surface area contributed by atoms with Gasteiger partial charge in [-0.25, -0.2) is 4.98 Å². The molecule has 0 amide bonds. The number of rotatable bonds is 4. The van der Waals surface area contributed by atoms with Gasteiger partial charge in [0.2, 0.25) is 5.95 Å². The minimum atomic E-state index is 0.623. The number of aromatic nitrogens is 5. The summed E-state index contributed by atoms with van der Waals surface area (Å²) in [7, 11) is 0. The van der Waals surface area contributed by atoms with Crippen molar-refractivity contribution in [2.45, 2.75) is 19.3 Å². The number of hydrogen-bond acceptors (Lipinski definition) is 3. The number of benzene rings is 4. The van der Waals surface area contributed by atoms with Gasteiger partial charge in [0.15, 0.2) is 11.6 Å². The molecule has 0 radical (unpaired) electrons. The summed E-state index contributed by atoms with van der Waals surface area (Å²) in [5.74, 6) is 1.99. The fraction of sp³-hybridized carbons (Fsp3) is 0.0750. The predicted molar refractivity (Wildman–Crippen MR) is 185 cm³/mol. The largest absolute Gasteiger partial charge is 0.309 e. The maximum atomic E-state index is 5.18. The predicted octanol–water partition coefficient (Wildman–Crippen LogP) is 9.44. The Morgan fingerprint density at radius 3 is 2.18 bits per heavy atom. The van der Waals surface area contributed by atoms with Crippen LogP contribution in [-0.4, -0.2) is 24.1 Å². The third kappa shape index (κ3) is 4.20. The lowest BCUT2D eigenvalue weighted by molar-refractivity contribution is 0.902. The molecule has 0 aliphatic heterocycles. The highest BCUT2D eigenvalue weighted by Gasteiger charge is 2.23. The van der Waals surface area contributed by atoms with Gasteiger partial charge in [-0.1, -0.05) is 103 Å². The van der Waals surface area contributed by atoms with Gasteiger partial charge in [-0.3, -0.25) is 4.57 Å². The molecular weight excluding hydrogens is 550 g/mol. The van der Waals surface area contributed by atoms with E-state index >= 15 is 0 Å². The van der Waals surface area contributed by atoms with Crippen molar-refractivity contribution < 1.29 is 0 Å². The average molecular weight is 580 g/mol. The second-order valence-electron chi connectivity index (χ2n) is 11.6. The van der Waals surface area contributed by atoms with Crippen LogP contribution in [-0.2, 0) is 6.42 Å². The number of fused-ring (bicyclic) bond motifs is 6. The van der Waals surface area contributed by atoms with Crippen LogP contribution in [0.25, 0.3) is 67.4 Å². The number of hydrogen-bond donors (Lipinski definition) is 0. The average Bonchev–Trinajstić information content (AvgIpc) is 3.47. The lowest BCUT2D eigenvalue weighted by Gasteiger charge is -2.13. The van der Waals surface area contributed by atoms with Crippen molar-refractivity contribution in [2.75, 3.05) is 0 Å². The standard InChI is InChI=1S/C40H29N5/c1-5-15-27(16-6-1)38-41-39(28-17-7-2-8-18-28)43-40(42-38)45-35-23-12-4-11-21-31(35)33-25-32-30-22-13-14-24-34(30)44(36(32)26-37(33)45)29-19-9-3-10-20-29/h1,3-7,9-20,22-26H,2,8,21H2. The number of para-hydroxylation sites is 2. The van der Waals surface area contributed by atoms with Gasteiger partial charge in [0.05, 0.1) is 22.2 Å². The Labute approximate surface area is 260 Å². The van der Waals surface area contributed by atoms with Gasteiger partial charge in [0, 0.05) is 33.0 Å². The SMILES string of the molecule is C1=CCc2c(n(-c3nc(C4=CCCC=C4)nc(-c4ccccc4)n3)c3cc4c(cc23)c2ccccc2n4-c2ccccc2)C=C1. The van der Waals surface area contributed by atoms with Gasteiger partial charge in [0.1, 0.15) is 0 Å². The van der Waals surface area contributed by atoms with E-state index in [2.05, 4.69) is 131 Å². The van der Waals surface area contributed by atoms with E-state index in [1.54, 1.807) is 0 Å². The summed E-state index contributed by atoms with van der Waals surface area (Å²) >= 11 is 0. The Bertz CT molecular complexity index is 2380. The fourth-order valence-electron chi connectivity index (χ4n) is 6.79. The maximum Gasteiger partial charge on any atom is 0.238 e. The van der Waals surface area contributed by atoms with Crippen LogP contribution in [0.5, 0.6) is 0 Å². The van der Waals surface area contributed by atoms with Gasteiger partial charge < -0.3 is 4.57 Å². The van der Waals surface area contributed by atoms with Crippen LogP contribution in [0.1, 0.15) is 29.9 Å². The van der Waals surface area contributed by atoms with E-state index in [0.29, 0.717) is 17.6 Å². The molecule has 0 atom stereocenters. The molecule has 0 saturated carbocycles. The Balaban J connectivity index is 1.39. The minimum Gasteiger partial charge on any atom is -0.309 e. The molecule has 5 heteroatoms. The number of allylic oxidation sites excluding steroid dienone is 7. The zero-order chi connectivity index (χ0) is 29.7. The molecule has 9 rings (SSSR count). The molecule has 2 aliphatic carbocycles. The molecule has 2 aliphatic rings. The zero-order valence-corrected chi connectivity index (χ0v) is 24.6. The van der Waals surface area contributed by atoms with Gasteiger partial charge in [0.25, 0.3) is 0 Å². The van der Waals surface area contributed by atoms with Crippen molar-refractivity contribution in [3.63, 3.8) is 0 Å². The fourth-order valence-corrected chi connectivity index (χ4v) is 6.79. The second-order valence-corrected chi connectivity index (χ2v) is 11.6. The van der Waals surface area contributed by atoms with Gasteiger partial charge in [-0.05, 0) is 61.2 Å². The van der Waals surface area contributed by atoms with Crippen molar-refractivity contribution >= 4 is 44.4 Å². The van der Waals surface area contributed by atoms with Crippen molar-refractivity contribution in [2.24, 2.45) is 0 Å². The molecule has 0 spiro atoms. The first-order valence-corrected chi connectivity index (χ1v) is 15.5. The first-order chi connectivity index (χ1) is 22.3. The Morgan fingerprint density at radius 2 is 1.33 bits per heavy atom. The molecule has 214 valence electrons. The topological polar surface area (TPSA) is 48.5 Å². The van der Waals surface area contributed by atoms with E-state index < -0.39 is 0 Å². The van der Waals surface area contributed by atoms with Crippen molar-refractivity contribution in [3.05, 3.63) is 151 Å². The normalized spacial score (nSPS) is 14.3. The summed E-state index contributed by atoms with van der Waals surface area (Å²) in [4.78, 5) is 15.3. The minimum absolute atomic E-state index is 0.623. The highest BCUT2D eigenvalue weighted by Crippen LogP contribution is 2.39. The molecule has 7 aromatic rings. The summed E-state index contributed by atoms with van der Waals surface area (Å²) in [6.07, 6.45) is 18.1. The van der Waals surface area contributed by atoms with Crippen LogP contribution in [0.3, 0.4) is 0 Å². The van der Waals surface area contributed by atoms with Crippen LogP contribution >= 0.6 is 0 Å². The lowest BCUT2D eigenvalue weighted by atomic mass is 10.0. The quantitative estimate of drug-likeness (QED) is 0.209. The Hall–Kier alpha value is -5.81. The molecule has 45 heavy (non-hydrogen) atoms. The van der Waals surface area contributed by atoms with Crippen molar-refractivity contribution in [1.82, 2.24) is 24.1 Å². The molecule has 0 bridgehead atoms. The molecule has 3 aromatic heterocycles. The van der Waals surface area contributed by atoms with Crippen molar-refractivity contribution in [3.8, 4) is 23.0 Å². The third-order valence-corrected chi connectivity index (χ3v) is 8.85. The summed E-state index contributed by atoms with van der Waals surface area (Å²) in [5, 5.41) is 3.69. The van der Waals surface area contributed by atoms with E-state index in [1.807, 2.05) is 18.2 Å². The first-order valence-electron chi connectivity index (χ1n) is 15.5. The second kappa shape index (κ2) is 10.4. The molecule has 0 saturated heterocycles. The first kappa shape index (κ1) is 25.7. The van der Waals surface area contributed by atoms with Crippen molar-refractivity contribution in [1.29, 1.82) is 0 Å². The van der Waals surface area contributed by atoms with Crippen LogP contribution < -0.4 is 0 Å². The summed E-state index contributed by atoms with van der Waals surface area (Å²) in [5.41, 5.74) is 8.93. The summed E-state index contributed by atoms with van der Waals surface area (Å²) < 4.78 is 4.61. The summed E-state index contributed by atoms with van der Waals surface area (Å²) in [6, 6.07) is 34.2. The summed E-state index contributed by atoms with van der Waals surface area (Å²) in [6.45, 7) is 0. The van der Waals surface area contributed by atoms with Gasteiger partial charge in [-0.2, -0.15) is 9.97 Å². The number of nitrogens with zero attached hydrogens (tertiary/aromatic N) is 5. The molecular formula is C40H29N5. The lowest BCUT2D eigenvalue weighted by Crippen LogP contribution is -2.09. The van der Waals surface area contributed by atoms with Crippen LogP contribution in [0.4, 0.5) is 0 Å². The van der Waals surface area contributed by atoms with Gasteiger partial charge >= 0.3 is 0 Å². The van der Waals surface area contributed by atoms with E-state index in [4.69, 9.17) is 15.0 Å². The van der Waals surface area contributed by atoms with Gasteiger partial charge in [-0.15, -0.1) is 0 Å². The molecule has 0 unspecified atom stereocenters. The van der Waals surface area contributed by atoms with E-state index in [1.165, 1.54) is 27.2 Å². The monoisotopic (exact) mass is 579 g/mol. The molecule has 3 heterocycles. The van der Waals surface area contributed by atoms with Crippen LogP contribution in [0.15, 0.2) is 134 Å². The zero-order valence-electron chi connectivity index (χ0n) is 24.6. The van der Waals surface area contributed by atoms with E-state index in [9.17, 15) is 0 Å². The molecule has 0 N–H and O–H groups in total. The Morgan fingerprint density at radius 1 is 0.556 bits per heavy atom.